The van der Waals surface area contributed by atoms with E-state index in [9.17, 15) is 22.8 Å². The van der Waals surface area contributed by atoms with Crippen LogP contribution in [0.15, 0.2) is 29.2 Å². The van der Waals surface area contributed by atoms with Gasteiger partial charge >= 0.3 is 12.1 Å². The van der Waals surface area contributed by atoms with Crippen LogP contribution in [0.2, 0.25) is 0 Å². The van der Waals surface area contributed by atoms with Crippen molar-refractivity contribution in [1.82, 2.24) is 10.0 Å². The average Bonchev–Trinajstić information content (AvgIpc) is 2.54. The minimum Gasteiger partial charge on any atom is -0.453 e. The molecule has 0 aromatic heterocycles. The fraction of sp³-hybridized carbons (Fsp3) is 0.400. The molecular weight excluding hydrogens is 352 g/mol. The lowest BCUT2D eigenvalue weighted by Crippen LogP contribution is -2.44. The first-order valence-electron chi connectivity index (χ1n) is 7.25. The molecule has 1 rings (SSSR count). The number of rotatable bonds is 6. The number of hydrogen-bond donors (Lipinski definition) is 2. The van der Waals surface area contributed by atoms with Gasteiger partial charge in [0.2, 0.25) is 10.0 Å². The number of esters is 1. The molecule has 1 aromatic carbocycles. The van der Waals surface area contributed by atoms with Crippen LogP contribution in [0.4, 0.5) is 4.79 Å². The Balaban J connectivity index is 2.68. The molecule has 138 valence electrons. The van der Waals surface area contributed by atoms with Gasteiger partial charge in [0.1, 0.15) is 6.04 Å². The highest BCUT2D eigenvalue weighted by molar-refractivity contribution is 7.89. The first-order valence-corrected chi connectivity index (χ1v) is 8.73. The number of alkyl carbamates (subject to hydrolysis) is 1. The van der Waals surface area contributed by atoms with Gasteiger partial charge in [0.05, 0.1) is 12.0 Å². The number of nitrogens with one attached hydrogen (secondary N) is 2. The SMILES string of the molecule is COC(=O)NC(=O)[C@H](C)OC(=O)[C@H](C)NS(=O)(=O)c1ccc(C)cc1. The van der Waals surface area contributed by atoms with Crippen molar-refractivity contribution in [3.05, 3.63) is 29.8 Å². The predicted molar refractivity (Wildman–Crippen MR) is 87.1 cm³/mol. The van der Waals surface area contributed by atoms with Crippen molar-refractivity contribution >= 4 is 28.0 Å². The van der Waals surface area contributed by atoms with E-state index in [-0.39, 0.29) is 4.90 Å². The molecule has 0 bridgehead atoms. The summed E-state index contributed by atoms with van der Waals surface area (Å²) in [5.74, 6) is -1.86. The Morgan fingerprint density at radius 1 is 1.08 bits per heavy atom. The lowest BCUT2D eigenvalue weighted by Gasteiger charge is -2.17. The van der Waals surface area contributed by atoms with E-state index < -0.39 is 40.1 Å². The largest absolute Gasteiger partial charge is 0.453 e. The highest BCUT2D eigenvalue weighted by Crippen LogP contribution is 2.11. The molecule has 0 fully saturated rings. The minimum atomic E-state index is -3.93. The smallest absolute Gasteiger partial charge is 0.413 e. The molecule has 25 heavy (non-hydrogen) atoms. The topological polar surface area (TPSA) is 128 Å². The number of benzene rings is 1. The van der Waals surface area contributed by atoms with Crippen LogP contribution in [-0.2, 0) is 29.1 Å². The zero-order valence-corrected chi connectivity index (χ0v) is 15.0. The van der Waals surface area contributed by atoms with Crippen molar-refractivity contribution in [2.75, 3.05) is 7.11 Å². The second kappa shape index (κ2) is 8.58. The van der Waals surface area contributed by atoms with Crippen molar-refractivity contribution in [1.29, 1.82) is 0 Å². The molecule has 9 nitrogen and oxygen atoms in total. The van der Waals surface area contributed by atoms with Crippen molar-refractivity contribution in [2.45, 2.75) is 37.8 Å². The minimum absolute atomic E-state index is 0.00534. The average molecular weight is 372 g/mol. The summed E-state index contributed by atoms with van der Waals surface area (Å²) in [6.07, 6.45) is -2.31. The molecule has 0 aliphatic heterocycles. The molecule has 10 heteroatoms. The van der Waals surface area contributed by atoms with E-state index >= 15 is 0 Å². The fourth-order valence-electron chi connectivity index (χ4n) is 1.65. The molecule has 2 amide bonds. The molecule has 0 aliphatic carbocycles. The quantitative estimate of drug-likeness (QED) is 0.695. The van der Waals surface area contributed by atoms with Crippen molar-refractivity contribution < 1.29 is 32.3 Å². The van der Waals surface area contributed by atoms with Gasteiger partial charge < -0.3 is 9.47 Å². The van der Waals surface area contributed by atoms with Crippen LogP contribution in [0.3, 0.4) is 0 Å². The van der Waals surface area contributed by atoms with E-state index in [2.05, 4.69) is 9.46 Å². The van der Waals surface area contributed by atoms with Crippen LogP contribution >= 0.6 is 0 Å². The molecule has 1 aromatic rings. The van der Waals surface area contributed by atoms with E-state index in [0.29, 0.717) is 0 Å². The number of aryl methyl sites for hydroxylation is 1. The Bertz CT molecular complexity index is 744. The molecule has 0 unspecified atom stereocenters. The van der Waals surface area contributed by atoms with Crippen molar-refractivity contribution in [3.63, 3.8) is 0 Å². The number of carbonyl (C=O) groups is 3. The molecule has 0 heterocycles. The van der Waals surface area contributed by atoms with Crippen LogP contribution in [0.5, 0.6) is 0 Å². The van der Waals surface area contributed by atoms with Gasteiger partial charge in [0.15, 0.2) is 6.10 Å². The molecule has 2 N–H and O–H groups in total. The maximum atomic E-state index is 12.2. The van der Waals surface area contributed by atoms with Gasteiger partial charge in [0.25, 0.3) is 5.91 Å². The highest BCUT2D eigenvalue weighted by atomic mass is 32.2. The predicted octanol–water partition coefficient (Wildman–Crippen LogP) is 0.476. The van der Waals surface area contributed by atoms with Crippen LogP contribution in [0.25, 0.3) is 0 Å². The summed E-state index contributed by atoms with van der Waals surface area (Å²) in [6.45, 7) is 4.32. The summed E-state index contributed by atoms with van der Waals surface area (Å²) in [5.41, 5.74) is 0.886. The summed E-state index contributed by atoms with van der Waals surface area (Å²) < 4.78 is 35.6. The Morgan fingerprint density at radius 3 is 2.16 bits per heavy atom. The highest BCUT2D eigenvalue weighted by Gasteiger charge is 2.27. The lowest BCUT2D eigenvalue weighted by molar-refractivity contribution is -0.155. The van der Waals surface area contributed by atoms with E-state index in [1.807, 2.05) is 12.2 Å². The Morgan fingerprint density at radius 2 is 1.64 bits per heavy atom. The molecule has 0 saturated heterocycles. The molecule has 0 aliphatic rings. The third-order valence-electron chi connectivity index (χ3n) is 3.09. The maximum Gasteiger partial charge on any atom is 0.413 e. The lowest BCUT2D eigenvalue weighted by atomic mass is 10.2. The van der Waals surface area contributed by atoms with Crippen LogP contribution in [-0.4, -0.2) is 45.6 Å². The van der Waals surface area contributed by atoms with Crippen LogP contribution in [0, 0.1) is 6.92 Å². The number of imide groups is 1. The first-order chi connectivity index (χ1) is 11.6. The van der Waals surface area contributed by atoms with Gasteiger partial charge in [-0.3, -0.25) is 14.9 Å². The molecule has 2 atom stereocenters. The number of hydrogen-bond acceptors (Lipinski definition) is 7. The summed E-state index contributed by atoms with van der Waals surface area (Å²) in [6, 6.07) is 4.82. The van der Waals surface area contributed by atoms with E-state index in [1.54, 1.807) is 12.1 Å². The van der Waals surface area contributed by atoms with Gasteiger partial charge in [-0.15, -0.1) is 0 Å². The van der Waals surface area contributed by atoms with E-state index in [4.69, 9.17) is 4.74 Å². The third kappa shape index (κ3) is 6.16. The van der Waals surface area contributed by atoms with E-state index in [0.717, 1.165) is 12.7 Å². The zero-order chi connectivity index (χ0) is 19.2. The second-order valence-corrected chi connectivity index (χ2v) is 6.93. The van der Waals surface area contributed by atoms with Crippen molar-refractivity contribution in [3.8, 4) is 0 Å². The van der Waals surface area contributed by atoms with Gasteiger partial charge in [0, 0.05) is 0 Å². The second-order valence-electron chi connectivity index (χ2n) is 5.22. The Labute approximate surface area is 145 Å². The number of methoxy groups -OCH3 is 1. The number of sulfonamides is 1. The van der Waals surface area contributed by atoms with Gasteiger partial charge in [-0.2, -0.15) is 4.72 Å². The Kier molecular flexibility index (Phi) is 7.07. The van der Waals surface area contributed by atoms with E-state index in [1.165, 1.54) is 26.0 Å². The molecular formula is C15H20N2O7S. The van der Waals surface area contributed by atoms with Gasteiger partial charge in [-0.05, 0) is 32.9 Å². The van der Waals surface area contributed by atoms with Gasteiger partial charge in [-0.1, -0.05) is 17.7 Å². The van der Waals surface area contributed by atoms with Gasteiger partial charge in [-0.25, -0.2) is 13.2 Å². The number of ether oxygens (including phenoxy) is 2. The Hall–Kier alpha value is -2.46. The van der Waals surface area contributed by atoms with Crippen molar-refractivity contribution in [2.24, 2.45) is 0 Å². The number of carbonyl (C=O) groups excluding carboxylic acids is 3. The third-order valence-corrected chi connectivity index (χ3v) is 4.65. The summed E-state index contributed by atoms with van der Waals surface area (Å²) in [7, 11) is -2.86. The molecule has 0 radical (unpaired) electrons. The summed E-state index contributed by atoms with van der Waals surface area (Å²) in [5, 5.41) is 1.84. The summed E-state index contributed by atoms with van der Waals surface area (Å²) in [4.78, 5) is 34.4. The van der Waals surface area contributed by atoms with Crippen LogP contribution < -0.4 is 10.0 Å². The summed E-state index contributed by atoms with van der Waals surface area (Å²) >= 11 is 0. The standard InChI is InChI=1S/C15H20N2O7S/c1-9-5-7-12(8-6-9)25(21,22)17-10(2)14(19)24-11(3)13(18)16-15(20)23-4/h5-8,10-11,17H,1-4H3,(H,16,18,20)/t10-,11-/m0/s1. The fourth-order valence-corrected chi connectivity index (χ4v) is 2.84. The monoisotopic (exact) mass is 372 g/mol. The van der Waals surface area contributed by atoms with Crippen LogP contribution in [0.1, 0.15) is 19.4 Å². The molecule has 0 saturated carbocycles. The normalized spacial score (nSPS) is 13.4. The first kappa shape index (κ1) is 20.6. The maximum absolute atomic E-state index is 12.2. The zero-order valence-electron chi connectivity index (χ0n) is 14.2. The number of amides is 2. The molecule has 0 spiro atoms.